The van der Waals surface area contributed by atoms with Gasteiger partial charge >= 0.3 is 5.97 Å². The third-order valence-corrected chi connectivity index (χ3v) is 11.7. The first-order valence-electron chi connectivity index (χ1n) is 17.3. The second-order valence-electron chi connectivity index (χ2n) is 13.6. The molecule has 52 heavy (non-hydrogen) atoms. The molecule has 4 aliphatic rings. The molecule has 8 atom stereocenters. The molecule has 0 saturated carbocycles. The Kier molecular flexibility index (Phi) is 10.1. The molecule has 3 aromatic carbocycles. The summed E-state index contributed by atoms with van der Waals surface area (Å²) in [7, 11) is 1.69. The smallest absolute Gasteiger partial charge is 0.313 e. The van der Waals surface area contributed by atoms with E-state index in [1.807, 2.05) is 55.5 Å². The van der Waals surface area contributed by atoms with Crippen molar-refractivity contribution in [3.63, 3.8) is 0 Å². The van der Waals surface area contributed by atoms with Crippen LogP contribution in [0.2, 0.25) is 5.02 Å². The van der Waals surface area contributed by atoms with E-state index in [0.717, 1.165) is 0 Å². The molecule has 270 valence electrons. The summed E-state index contributed by atoms with van der Waals surface area (Å²) in [6, 6.07) is 22.2. The number of carbonyl (C=O) groups excluding carboxylic acids is 4. The summed E-state index contributed by atoms with van der Waals surface area (Å²) in [5.74, 6) is -4.10. The van der Waals surface area contributed by atoms with Crippen molar-refractivity contribution in [1.29, 1.82) is 0 Å². The fourth-order valence-corrected chi connectivity index (χ4v) is 8.93. The van der Waals surface area contributed by atoms with E-state index in [0.29, 0.717) is 32.7 Å². The van der Waals surface area contributed by atoms with Crippen LogP contribution in [0.4, 0.5) is 5.69 Å². The Morgan fingerprint density at radius 2 is 1.60 bits per heavy atom. The van der Waals surface area contributed by atoms with Gasteiger partial charge in [-0.25, -0.2) is 0 Å². The first kappa shape index (κ1) is 36.1. The molecule has 10 nitrogen and oxygen atoms in total. The van der Waals surface area contributed by atoms with Gasteiger partial charge in [0.05, 0.1) is 24.6 Å². The zero-order chi connectivity index (χ0) is 36.7. The number of likely N-dealkylation sites (N-methyl/N-ethyl adjacent to an activating group) is 1. The molecule has 12 heteroatoms. The van der Waals surface area contributed by atoms with Crippen LogP contribution in [0.15, 0.2) is 108 Å². The predicted octanol–water partition coefficient (Wildman–Crippen LogP) is 5.76. The number of ether oxygens (including phenoxy) is 2. The van der Waals surface area contributed by atoms with E-state index < -0.39 is 72.2 Å². The van der Waals surface area contributed by atoms with Crippen LogP contribution in [0, 0.1) is 11.8 Å². The molecule has 2 saturated heterocycles. The number of amides is 3. The van der Waals surface area contributed by atoms with Crippen LogP contribution in [-0.4, -0.2) is 82.6 Å². The number of aliphatic hydroxyl groups excluding tert-OH is 1. The highest BCUT2D eigenvalue weighted by Gasteiger charge is 2.75. The van der Waals surface area contributed by atoms with Gasteiger partial charge in [-0.2, -0.15) is 0 Å². The van der Waals surface area contributed by atoms with Crippen molar-refractivity contribution >= 4 is 56.9 Å². The van der Waals surface area contributed by atoms with Crippen molar-refractivity contribution in [3.05, 3.63) is 124 Å². The van der Waals surface area contributed by atoms with E-state index in [2.05, 4.69) is 15.9 Å². The largest absolute Gasteiger partial charge is 0.455 e. The third kappa shape index (κ3) is 6.17. The number of halogens is 2. The number of likely N-dealkylation sites (tertiary alicyclic amines) is 1. The van der Waals surface area contributed by atoms with Crippen molar-refractivity contribution in [2.75, 3.05) is 25.1 Å². The Morgan fingerprint density at radius 3 is 2.27 bits per heavy atom. The molecule has 5 bridgehead atoms. The van der Waals surface area contributed by atoms with E-state index >= 15 is 9.59 Å². The van der Waals surface area contributed by atoms with Gasteiger partial charge in [-0.15, -0.1) is 0 Å². The standard InChI is InChI=1S/C40H39BrClN3O7/c1-24-34(26-14-8-4-9-15-26)51-39(50)32-33-37(48)45(30(23-46)25-12-6-3-7-13-25)36(40(33)22-29(41)35(32)52-40)38(49)44(28-19-17-27(42)18-20-28)21-11-5-10-16-31(47)43(24)2/h3-9,11-15,17-20,22,24,30,32-36,46H,10,16,21,23H2,1-2H3/b11-5-/t24-,30-,32+,33-,34+,35+,36+,40-/m1/s1. The minimum atomic E-state index is -1.58. The molecule has 0 radical (unpaired) electrons. The number of benzene rings is 3. The average molecular weight is 789 g/mol. The molecule has 3 aromatic rings. The molecular weight excluding hydrogens is 750 g/mol. The third-order valence-electron chi connectivity index (χ3n) is 10.8. The SMILES string of the molecule is C[C@@H]1[C@@H](c2ccccc2)OC(=O)[C@@H]2[C@H]3O[C@@]4(C=C3Br)[C@H](C(=O)N(c3ccc(Cl)cc3)C/C=C\CCC(=O)N1C)N([C@H](CO)c1ccccc1)C(=O)[C@@H]24. The summed E-state index contributed by atoms with van der Waals surface area (Å²) in [6.45, 7) is 1.44. The number of anilines is 1. The Bertz CT molecular complexity index is 1910. The number of hydrogen-bond acceptors (Lipinski definition) is 7. The Morgan fingerprint density at radius 1 is 0.923 bits per heavy atom. The fourth-order valence-electron chi connectivity index (χ4n) is 8.06. The quantitative estimate of drug-likeness (QED) is 0.258. The molecule has 1 N–H and O–H groups in total. The second kappa shape index (κ2) is 14.6. The van der Waals surface area contributed by atoms with Crippen molar-refractivity contribution in [2.24, 2.45) is 11.8 Å². The van der Waals surface area contributed by atoms with Crippen LogP contribution in [0.5, 0.6) is 0 Å². The topological polar surface area (TPSA) is 117 Å². The molecule has 0 unspecified atom stereocenters. The molecule has 2 fully saturated rings. The zero-order valence-electron chi connectivity index (χ0n) is 28.7. The summed E-state index contributed by atoms with van der Waals surface area (Å²) < 4.78 is 13.6. The summed E-state index contributed by atoms with van der Waals surface area (Å²) in [5.41, 5.74) is 0.248. The van der Waals surface area contributed by atoms with Crippen molar-refractivity contribution in [3.8, 4) is 0 Å². The van der Waals surface area contributed by atoms with Gasteiger partial charge in [0, 0.05) is 35.2 Å². The fraction of sp³-hybridized carbons (Fsp3) is 0.350. The van der Waals surface area contributed by atoms with Gasteiger partial charge in [-0.3, -0.25) is 19.2 Å². The molecule has 3 amide bonds. The van der Waals surface area contributed by atoms with Crippen molar-refractivity contribution in [2.45, 2.75) is 55.7 Å². The lowest BCUT2D eigenvalue weighted by atomic mass is 9.74. The number of allylic oxidation sites excluding steroid dienone is 1. The maximum Gasteiger partial charge on any atom is 0.313 e. The van der Waals surface area contributed by atoms with Crippen LogP contribution < -0.4 is 4.90 Å². The van der Waals surface area contributed by atoms with Gasteiger partial charge in [0.2, 0.25) is 11.8 Å². The number of rotatable bonds is 5. The van der Waals surface area contributed by atoms with E-state index in [9.17, 15) is 14.7 Å². The van der Waals surface area contributed by atoms with Crippen LogP contribution in [0.1, 0.15) is 43.0 Å². The molecular formula is C40H39BrClN3O7. The molecule has 4 heterocycles. The lowest BCUT2D eigenvalue weighted by Gasteiger charge is -2.38. The van der Waals surface area contributed by atoms with Gasteiger partial charge in [0.15, 0.2) is 0 Å². The molecule has 0 aromatic heterocycles. The molecule has 4 aliphatic heterocycles. The van der Waals surface area contributed by atoms with Crippen LogP contribution in [0.3, 0.4) is 0 Å². The number of hydrogen-bond donors (Lipinski definition) is 1. The van der Waals surface area contributed by atoms with Gasteiger partial charge in [0.25, 0.3) is 5.91 Å². The van der Waals surface area contributed by atoms with Gasteiger partial charge in [-0.1, -0.05) is 100 Å². The minimum Gasteiger partial charge on any atom is -0.455 e. The maximum atomic E-state index is 15.3. The molecule has 0 aliphatic carbocycles. The number of fused-ring (bicyclic) bond motifs is 2. The van der Waals surface area contributed by atoms with E-state index in [-0.39, 0.29) is 18.9 Å². The van der Waals surface area contributed by atoms with Crippen LogP contribution >= 0.6 is 27.5 Å². The van der Waals surface area contributed by atoms with Crippen LogP contribution in [-0.2, 0) is 28.7 Å². The van der Waals surface area contributed by atoms with E-state index in [4.69, 9.17) is 21.1 Å². The monoisotopic (exact) mass is 787 g/mol. The summed E-state index contributed by atoms with van der Waals surface area (Å²) in [6.07, 6.45) is 4.23. The second-order valence-corrected chi connectivity index (χ2v) is 15.0. The highest BCUT2D eigenvalue weighted by molar-refractivity contribution is 9.11. The Labute approximate surface area is 315 Å². The molecule has 1 spiro atoms. The summed E-state index contributed by atoms with van der Waals surface area (Å²) in [4.78, 5) is 62.9. The normalized spacial score (nSPS) is 30.6. The Balaban J connectivity index is 1.40. The predicted molar refractivity (Wildman–Crippen MR) is 198 cm³/mol. The first-order chi connectivity index (χ1) is 25.1. The average Bonchev–Trinajstić information content (AvgIpc) is 3.75. The van der Waals surface area contributed by atoms with Gasteiger partial charge in [0.1, 0.15) is 29.8 Å². The zero-order valence-corrected chi connectivity index (χ0v) is 31.0. The number of cyclic esters (lactones) is 1. The molecule has 7 rings (SSSR count). The highest BCUT2D eigenvalue weighted by atomic mass is 79.9. The number of nitrogens with zero attached hydrogens (tertiary/aromatic N) is 3. The minimum absolute atomic E-state index is 0.102. The number of esters is 1. The maximum absolute atomic E-state index is 15.3. The van der Waals surface area contributed by atoms with Crippen molar-refractivity contribution < 1.29 is 33.8 Å². The number of carbonyl (C=O) groups is 4. The summed E-state index contributed by atoms with van der Waals surface area (Å²) >= 11 is 9.87. The van der Waals surface area contributed by atoms with E-state index in [1.165, 1.54) is 9.80 Å². The highest BCUT2D eigenvalue weighted by Crippen LogP contribution is 2.60. The lowest BCUT2D eigenvalue weighted by Crippen LogP contribution is -2.57. The summed E-state index contributed by atoms with van der Waals surface area (Å²) in [5, 5.41) is 11.4. The van der Waals surface area contributed by atoms with E-state index in [1.54, 1.807) is 66.6 Å². The van der Waals surface area contributed by atoms with Crippen molar-refractivity contribution in [1.82, 2.24) is 9.80 Å². The van der Waals surface area contributed by atoms with Gasteiger partial charge < -0.3 is 29.3 Å². The lowest BCUT2D eigenvalue weighted by molar-refractivity contribution is -0.164. The number of aliphatic hydroxyl groups is 1. The van der Waals surface area contributed by atoms with Gasteiger partial charge in [-0.05, 0) is 54.8 Å². The Hall–Kier alpha value is -4.29. The van der Waals surface area contributed by atoms with Crippen LogP contribution in [0.25, 0.3) is 0 Å². The first-order valence-corrected chi connectivity index (χ1v) is 18.5.